The summed E-state index contributed by atoms with van der Waals surface area (Å²) < 4.78 is 40.1. The predicted octanol–water partition coefficient (Wildman–Crippen LogP) is 5.57. The van der Waals surface area contributed by atoms with Crippen molar-refractivity contribution < 1.29 is 18.0 Å². The lowest BCUT2D eigenvalue weighted by atomic mass is 10.1. The van der Waals surface area contributed by atoms with Crippen molar-refractivity contribution in [1.82, 2.24) is 15.1 Å². The standard InChI is InChI=1S/C23H20F3N5OS/c24-23(25,26)16-8-10-17(11-9-16)31-21(27)20(19(30-31)15-5-2-1-3-6-15)29-22(32)28-13-12-18-7-4-14-33-18/h1-11,14H,12-13,27H2,(H2,28,29,32). The molecule has 0 bridgehead atoms. The molecular weight excluding hydrogens is 451 g/mol. The lowest BCUT2D eigenvalue weighted by Gasteiger charge is -2.10. The van der Waals surface area contributed by atoms with E-state index in [1.54, 1.807) is 23.5 Å². The van der Waals surface area contributed by atoms with E-state index < -0.39 is 17.8 Å². The number of benzene rings is 2. The first-order chi connectivity index (χ1) is 15.8. The van der Waals surface area contributed by atoms with Gasteiger partial charge in [-0.25, -0.2) is 9.48 Å². The largest absolute Gasteiger partial charge is 0.416 e. The Bertz CT molecular complexity index is 1220. The molecule has 0 unspecified atom stereocenters. The van der Waals surface area contributed by atoms with Crippen LogP contribution < -0.4 is 16.4 Å². The number of hydrogen-bond donors (Lipinski definition) is 3. The van der Waals surface area contributed by atoms with Crippen molar-refractivity contribution in [3.8, 4) is 16.9 Å². The molecule has 4 rings (SSSR count). The molecule has 0 aliphatic rings. The number of nitrogens with two attached hydrogens (primary N) is 1. The number of carbonyl (C=O) groups is 1. The van der Waals surface area contributed by atoms with Crippen LogP contribution in [-0.2, 0) is 12.6 Å². The van der Waals surface area contributed by atoms with E-state index in [-0.39, 0.29) is 11.5 Å². The van der Waals surface area contributed by atoms with Gasteiger partial charge >= 0.3 is 12.2 Å². The topological polar surface area (TPSA) is 85.0 Å². The number of nitrogens with zero attached hydrogens (tertiary/aromatic N) is 2. The number of halogens is 3. The maximum Gasteiger partial charge on any atom is 0.416 e. The zero-order valence-corrected chi connectivity index (χ0v) is 18.1. The van der Waals surface area contributed by atoms with Gasteiger partial charge in [0.1, 0.15) is 11.4 Å². The molecule has 0 spiro atoms. The van der Waals surface area contributed by atoms with Crippen LogP contribution in [0, 0.1) is 0 Å². The SMILES string of the molecule is Nc1c(NC(=O)NCCc2cccs2)c(-c2ccccc2)nn1-c1ccc(C(F)(F)F)cc1. The Morgan fingerprint density at radius 1 is 1.03 bits per heavy atom. The van der Waals surface area contributed by atoms with Crippen LogP contribution in [0.25, 0.3) is 16.9 Å². The van der Waals surface area contributed by atoms with E-state index in [9.17, 15) is 18.0 Å². The maximum atomic E-state index is 12.9. The highest BCUT2D eigenvalue weighted by Gasteiger charge is 2.30. The summed E-state index contributed by atoms with van der Waals surface area (Å²) in [4.78, 5) is 13.7. The summed E-state index contributed by atoms with van der Waals surface area (Å²) in [6.45, 7) is 0.431. The summed E-state index contributed by atoms with van der Waals surface area (Å²) in [5.41, 5.74) is 7.23. The number of hydrogen-bond acceptors (Lipinski definition) is 4. The number of nitrogens with one attached hydrogen (secondary N) is 2. The third-order valence-electron chi connectivity index (χ3n) is 4.88. The molecule has 2 heterocycles. The Balaban J connectivity index is 1.61. The molecule has 0 fully saturated rings. The van der Waals surface area contributed by atoms with Crippen LogP contribution in [-0.4, -0.2) is 22.4 Å². The van der Waals surface area contributed by atoms with Crippen LogP contribution in [0.3, 0.4) is 0 Å². The zero-order chi connectivity index (χ0) is 23.4. The Morgan fingerprint density at radius 2 is 1.76 bits per heavy atom. The zero-order valence-electron chi connectivity index (χ0n) is 17.3. The first kappa shape index (κ1) is 22.4. The fraction of sp³-hybridized carbons (Fsp3) is 0.130. The number of carbonyl (C=O) groups excluding carboxylic acids is 1. The maximum absolute atomic E-state index is 12.9. The normalized spacial score (nSPS) is 11.4. The van der Waals surface area contributed by atoms with E-state index in [1.165, 1.54) is 16.8 Å². The first-order valence-electron chi connectivity index (χ1n) is 10.0. The molecule has 6 nitrogen and oxygen atoms in total. The van der Waals surface area contributed by atoms with Gasteiger partial charge in [0.2, 0.25) is 0 Å². The summed E-state index contributed by atoms with van der Waals surface area (Å²) in [6, 6.07) is 17.0. The van der Waals surface area contributed by atoms with Crippen LogP contribution in [0.5, 0.6) is 0 Å². The third-order valence-corrected chi connectivity index (χ3v) is 5.82. The molecule has 0 atom stereocenters. The van der Waals surface area contributed by atoms with Crippen molar-refractivity contribution in [2.45, 2.75) is 12.6 Å². The molecule has 4 N–H and O–H groups in total. The molecule has 2 aromatic heterocycles. The van der Waals surface area contributed by atoms with Crippen molar-refractivity contribution in [2.75, 3.05) is 17.6 Å². The molecule has 33 heavy (non-hydrogen) atoms. The molecule has 2 amide bonds. The first-order valence-corrected chi connectivity index (χ1v) is 10.9. The molecule has 0 radical (unpaired) electrons. The molecule has 0 saturated heterocycles. The minimum Gasteiger partial charge on any atom is -0.382 e. The van der Waals surface area contributed by atoms with Gasteiger partial charge in [0, 0.05) is 17.0 Å². The molecule has 2 aromatic carbocycles. The highest BCUT2D eigenvalue weighted by molar-refractivity contribution is 7.09. The molecule has 0 aliphatic heterocycles. The Morgan fingerprint density at radius 3 is 2.39 bits per heavy atom. The summed E-state index contributed by atoms with van der Waals surface area (Å²) >= 11 is 1.61. The number of anilines is 2. The number of thiophene rings is 1. The van der Waals surface area contributed by atoms with E-state index in [1.807, 2.05) is 35.7 Å². The number of amides is 2. The second-order valence-corrected chi connectivity index (χ2v) is 8.17. The molecule has 0 aliphatic carbocycles. The van der Waals surface area contributed by atoms with Gasteiger partial charge in [-0.1, -0.05) is 36.4 Å². The smallest absolute Gasteiger partial charge is 0.382 e. The third kappa shape index (κ3) is 5.17. The Hall–Kier alpha value is -3.79. The highest BCUT2D eigenvalue weighted by atomic mass is 32.1. The summed E-state index contributed by atoms with van der Waals surface area (Å²) in [5, 5.41) is 12.0. The number of urea groups is 1. The monoisotopic (exact) mass is 471 g/mol. The van der Waals surface area contributed by atoms with Gasteiger partial charge in [-0.3, -0.25) is 0 Å². The van der Waals surface area contributed by atoms with Crippen molar-refractivity contribution >= 4 is 28.9 Å². The lowest BCUT2D eigenvalue weighted by molar-refractivity contribution is -0.137. The van der Waals surface area contributed by atoms with E-state index in [0.29, 0.717) is 29.9 Å². The summed E-state index contributed by atoms with van der Waals surface area (Å²) in [7, 11) is 0. The van der Waals surface area contributed by atoms with Crippen LogP contribution in [0.4, 0.5) is 29.5 Å². The average Bonchev–Trinajstić information content (AvgIpc) is 3.42. The Kier molecular flexibility index (Phi) is 6.36. The van der Waals surface area contributed by atoms with Crippen molar-refractivity contribution in [3.63, 3.8) is 0 Å². The van der Waals surface area contributed by atoms with Gasteiger partial charge in [0.15, 0.2) is 5.82 Å². The number of alkyl halides is 3. The fourth-order valence-electron chi connectivity index (χ4n) is 3.25. The lowest BCUT2D eigenvalue weighted by Crippen LogP contribution is -2.30. The van der Waals surface area contributed by atoms with E-state index in [0.717, 1.165) is 17.0 Å². The van der Waals surface area contributed by atoms with E-state index >= 15 is 0 Å². The summed E-state index contributed by atoms with van der Waals surface area (Å²) in [5.74, 6) is 0.0991. The van der Waals surface area contributed by atoms with E-state index in [4.69, 9.17) is 5.73 Å². The second-order valence-electron chi connectivity index (χ2n) is 7.14. The van der Waals surface area contributed by atoms with Gasteiger partial charge in [-0.15, -0.1) is 11.3 Å². The quantitative estimate of drug-likeness (QED) is 0.344. The minimum absolute atomic E-state index is 0.0991. The fourth-order valence-corrected chi connectivity index (χ4v) is 3.96. The van der Waals surface area contributed by atoms with Crippen molar-refractivity contribution in [3.05, 3.63) is 82.6 Å². The highest BCUT2D eigenvalue weighted by Crippen LogP contribution is 2.35. The van der Waals surface area contributed by atoms with Crippen molar-refractivity contribution in [2.24, 2.45) is 0 Å². The van der Waals surface area contributed by atoms with Gasteiger partial charge in [-0.05, 0) is 42.1 Å². The number of aromatic nitrogens is 2. The van der Waals surface area contributed by atoms with Gasteiger partial charge in [-0.2, -0.15) is 18.3 Å². The van der Waals surface area contributed by atoms with Gasteiger partial charge in [0.05, 0.1) is 11.3 Å². The molecule has 170 valence electrons. The molecule has 0 saturated carbocycles. The number of nitrogen functional groups attached to an aromatic ring is 1. The van der Waals surface area contributed by atoms with E-state index in [2.05, 4.69) is 15.7 Å². The Labute approximate surface area is 191 Å². The van der Waals surface area contributed by atoms with Gasteiger partial charge in [0.25, 0.3) is 0 Å². The predicted molar refractivity (Wildman–Crippen MR) is 123 cm³/mol. The van der Waals surface area contributed by atoms with Crippen LogP contribution in [0.2, 0.25) is 0 Å². The summed E-state index contributed by atoms with van der Waals surface area (Å²) in [6.07, 6.45) is -3.76. The average molecular weight is 472 g/mol. The van der Waals surface area contributed by atoms with Crippen LogP contribution in [0.15, 0.2) is 72.1 Å². The van der Waals surface area contributed by atoms with Crippen LogP contribution in [0.1, 0.15) is 10.4 Å². The molecule has 4 aromatic rings. The molecule has 10 heteroatoms. The number of rotatable bonds is 6. The van der Waals surface area contributed by atoms with Gasteiger partial charge < -0.3 is 16.4 Å². The molecular formula is C23H20F3N5OS. The second kappa shape index (κ2) is 9.37. The van der Waals surface area contributed by atoms with Crippen LogP contribution >= 0.6 is 11.3 Å². The minimum atomic E-state index is -4.45. The van der Waals surface area contributed by atoms with Crippen molar-refractivity contribution in [1.29, 1.82) is 0 Å².